The third-order valence-corrected chi connectivity index (χ3v) is 6.79. The number of carbonyl (C=O) groups excluding carboxylic acids is 2. The minimum absolute atomic E-state index is 0.0404. The Kier molecular flexibility index (Phi) is 16.0. The fourth-order valence-corrected chi connectivity index (χ4v) is 4.39. The number of amides is 1. The maximum Gasteiger partial charge on any atom is 0.337 e. The molecule has 0 heterocycles. The van der Waals surface area contributed by atoms with E-state index in [1.165, 1.54) is 30.3 Å². The molecule has 0 spiro atoms. The minimum Gasteiger partial charge on any atom is -0.508 e. The second-order valence-corrected chi connectivity index (χ2v) is 10.3. The van der Waals surface area contributed by atoms with Crippen LogP contribution in [0.15, 0.2) is 36.4 Å². The predicted octanol–water partition coefficient (Wildman–Crippen LogP) is 3.85. The highest BCUT2D eigenvalue weighted by Crippen LogP contribution is 2.26. The van der Waals surface area contributed by atoms with Crippen LogP contribution in [-0.4, -0.2) is 66.8 Å². The largest absolute Gasteiger partial charge is 0.508 e. The summed E-state index contributed by atoms with van der Waals surface area (Å²) in [5, 5.41) is 50.9. The monoisotopic (exact) mass is 577 g/mol. The Hall–Kier alpha value is -3.73. The molecule has 0 saturated heterocycles. The molecule has 41 heavy (non-hydrogen) atoms. The number of phenolic OH excluding ortho intramolecular Hbond substituents is 1. The third-order valence-electron chi connectivity index (χ3n) is 6.79. The summed E-state index contributed by atoms with van der Waals surface area (Å²) in [5.41, 5.74) is -2.56. The highest BCUT2D eigenvalue weighted by molar-refractivity contribution is 5.94. The minimum atomic E-state index is -3.02. The van der Waals surface area contributed by atoms with E-state index >= 15 is 0 Å². The number of carboxylic acids is 3. The normalized spacial score (nSPS) is 14.2. The van der Waals surface area contributed by atoms with E-state index < -0.39 is 47.8 Å². The summed E-state index contributed by atoms with van der Waals surface area (Å²) >= 11 is 0. The number of nitrogens with one attached hydrogen (secondary N) is 1. The number of aliphatic carboxylic acids is 3. The van der Waals surface area contributed by atoms with Gasteiger partial charge in [-0.3, -0.25) is 14.4 Å². The zero-order valence-electron chi connectivity index (χ0n) is 23.6. The van der Waals surface area contributed by atoms with Crippen LogP contribution in [0.2, 0.25) is 0 Å². The van der Waals surface area contributed by atoms with Gasteiger partial charge in [0.1, 0.15) is 17.6 Å². The zero-order valence-corrected chi connectivity index (χ0v) is 23.6. The molecule has 0 aromatic heterocycles. The molecule has 11 nitrogen and oxygen atoms in total. The first-order valence-corrected chi connectivity index (χ1v) is 14.1. The third kappa shape index (κ3) is 13.5. The van der Waals surface area contributed by atoms with Gasteiger partial charge in [0.05, 0.1) is 12.3 Å². The van der Waals surface area contributed by atoms with E-state index in [-0.39, 0.29) is 18.0 Å². The van der Waals surface area contributed by atoms with E-state index in [2.05, 4.69) is 12.2 Å². The van der Waals surface area contributed by atoms with E-state index in [1.54, 1.807) is 0 Å². The van der Waals surface area contributed by atoms with Gasteiger partial charge in [0.25, 0.3) is 0 Å². The van der Waals surface area contributed by atoms with Gasteiger partial charge < -0.3 is 30.8 Å². The molecule has 6 N–H and O–H groups in total. The lowest BCUT2D eigenvalue weighted by Gasteiger charge is -2.29. The molecule has 0 radical (unpaired) electrons. The van der Waals surface area contributed by atoms with Crippen molar-refractivity contribution in [3.05, 3.63) is 42.0 Å². The van der Waals surface area contributed by atoms with Crippen molar-refractivity contribution in [2.75, 3.05) is 0 Å². The van der Waals surface area contributed by atoms with E-state index in [0.29, 0.717) is 31.2 Å². The Morgan fingerprint density at radius 2 is 1.46 bits per heavy atom. The van der Waals surface area contributed by atoms with Gasteiger partial charge in [-0.05, 0) is 43.4 Å². The molecule has 0 bridgehead atoms. The number of Topliss-reactive ketones (excluding diaryl/α,β-unsaturated/α-hetero) is 1. The number of rotatable bonds is 22. The van der Waals surface area contributed by atoms with Gasteiger partial charge in [-0.1, -0.05) is 63.3 Å². The summed E-state index contributed by atoms with van der Waals surface area (Å²) in [6.07, 6.45) is 9.83. The van der Waals surface area contributed by atoms with Crippen molar-refractivity contribution >= 4 is 29.6 Å². The van der Waals surface area contributed by atoms with Crippen LogP contribution in [0, 0.1) is 5.92 Å². The first-order chi connectivity index (χ1) is 19.4. The van der Waals surface area contributed by atoms with Crippen LogP contribution in [0.4, 0.5) is 0 Å². The molecule has 1 aromatic carbocycles. The highest BCUT2D eigenvalue weighted by Gasteiger charge is 2.49. The molecule has 228 valence electrons. The number of hydrogen-bond donors (Lipinski definition) is 6. The van der Waals surface area contributed by atoms with Crippen molar-refractivity contribution in [1.82, 2.24) is 5.32 Å². The van der Waals surface area contributed by atoms with Gasteiger partial charge in [0, 0.05) is 19.3 Å². The van der Waals surface area contributed by atoms with Crippen molar-refractivity contribution in [3.63, 3.8) is 0 Å². The average molecular weight is 578 g/mol. The molecule has 0 aliphatic carbocycles. The zero-order chi connectivity index (χ0) is 30.8. The molecule has 2 unspecified atom stereocenters. The standard InChI is InChI=1S/C30H43NO10/c1-2-3-4-9-12-22(32)13-10-7-5-6-8-11-14-24(30(41,29(39)40)20-26(34)35)27(36)31-25(28(37)38)19-21-15-17-23(33)18-16-21/h11,14-18,24-25,33,41H,2-10,12-13,19-20H2,1H3,(H,31,36)(H,34,35)(H,37,38)(H,39,40)/b14-11-/t24?,25-,30?/m0/s1. The van der Waals surface area contributed by atoms with Crippen LogP contribution in [0.3, 0.4) is 0 Å². The van der Waals surface area contributed by atoms with Crippen molar-refractivity contribution in [2.24, 2.45) is 5.92 Å². The second-order valence-electron chi connectivity index (χ2n) is 10.3. The molecule has 0 aliphatic rings. The molecule has 1 rings (SSSR count). The number of aromatic hydroxyl groups is 1. The Bertz CT molecular complexity index is 1040. The molecule has 1 amide bonds. The topological polar surface area (TPSA) is 199 Å². The number of aliphatic hydroxyl groups is 1. The van der Waals surface area contributed by atoms with E-state index in [0.717, 1.165) is 51.0 Å². The maximum atomic E-state index is 13.1. The summed E-state index contributed by atoms with van der Waals surface area (Å²) in [5.74, 6) is -7.84. The van der Waals surface area contributed by atoms with E-state index in [9.17, 15) is 49.5 Å². The maximum absolute atomic E-state index is 13.1. The van der Waals surface area contributed by atoms with Gasteiger partial charge in [-0.15, -0.1) is 0 Å². The molecular formula is C30H43NO10. The van der Waals surface area contributed by atoms with Gasteiger partial charge in [-0.25, -0.2) is 9.59 Å². The van der Waals surface area contributed by atoms with E-state index in [4.69, 9.17) is 0 Å². The summed E-state index contributed by atoms with van der Waals surface area (Å²) in [7, 11) is 0. The number of phenols is 1. The van der Waals surface area contributed by atoms with Crippen molar-refractivity contribution < 1.29 is 49.5 Å². The fraction of sp³-hybridized carbons (Fsp3) is 0.567. The number of allylic oxidation sites excluding steroid dienone is 1. The van der Waals surface area contributed by atoms with Crippen LogP contribution in [-0.2, 0) is 30.4 Å². The summed E-state index contributed by atoms with van der Waals surface area (Å²) < 4.78 is 0. The highest BCUT2D eigenvalue weighted by atomic mass is 16.4. The molecule has 1 aromatic rings. The van der Waals surface area contributed by atoms with Gasteiger partial charge in [0.15, 0.2) is 5.60 Å². The van der Waals surface area contributed by atoms with Crippen LogP contribution < -0.4 is 5.32 Å². The van der Waals surface area contributed by atoms with Crippen molar-refractivity contribution in [1.29, 1.82) is 0 Å². The fourth-order valence-electron chi connectivity index (χ4n) is 4.39. The number of unbranched alkanes of at least 4 members (excludes halogenated alkanes) is 7. The number of carboxylic acid groups (broad SMARTS) is 3. The Morgan fingerprint density at radius 1 is 0.878 bits per heavy atom. The second kappa shape index (κ2) is 18.6. The molecular weight excluding hydrogens is 534 g/mol. The molecule has 0 aliphatic heterocycles. The molecule has 0 saturated carbocycles. The number of carbonyl (C=O) groups is 5. The number of ketones is 1. The molecule has 11 heteroatoms. The van der Waals surface area contributed by atoms with Gasteiger partial charge in [-0.2, -0.15) is 0 Å². The van der Waals surface area contributed by atoms with Crippen LogP contribution in [0.1, 0.15) is 89.5 Å². The van der Waals surface area contributed by atoms with Gasteiger partial charge in [0.2, 0.25) is 5.91 Å². The SMILES string of the molecule is CCCCCCC(=O)CCCCCC/C=C\C(C(=O)N[C@@H](Cc1ccc(O)cc1)C(=O)O)C(O)(CC(=O)O)C(=O)O. The Balaban J connectivity index is 2.82. The first-order valence-electron chi connectivity index (χ1n) is 14.1. The Morgan fingerprint density at radius 3 is 2.00 bits per heavy atom. The summed E-state index contributed by atoms with van der Waals surface area (Å²) in [4.78, 5) is 60.1. The first kappa shape index (κ1) is 35.3. The quantitative estimate of drug-likeness (QED) is 0.0869. The number of hydrogen-bond acceptors (Lipinski definition) is 7. The molecule has 0 fully saturated rings. The van der Waals surface area contributed by atoms with Crippen molar-refractivity contribution in [3.8, 4) is 5.75 Å². The van der Waals surface area contributed by atoms with Gasteiger partial charge >= 0.3 is 17.9 Å². The number of benzene rings is 1. The predicted molar refractivity (Wildman–Crippen MR) is 150 cm³/mol. The lowest BCUT2D eigenvalue weighted by Crippen LogP contribution is -2.55. The average Bonchev–Trinajstić information content (AvgIpc) is 2.90. The van der Waals surface area contributed by atoms with Crippen LogP contribution >= 0.6 is 0 Å². The Labute approximate surface area is 240 Å². The lowest BCUT2D eigenvalue weighted by atomic mass is 9.82. The van der Waals surface area contributed by atoms with E-state index in [1.807, 2.05) is 0 Å². The van der Waals surface area contributed by atoms with Crippen LogP contribution in [0.5, 0.6) is 5.75 Å². The summed E-state index contributed by atoms with van der Waals surface area (Å²) in [6, 6.07) is 4.07. The summed E-state index contributed by atoms with van der Waals surface area (Å²) in [6.45, 7) is 2.12. The molecule has 3 atom stereocenters. The van der Waals surface area contributed by atoms with Crippen molar-refractivity contribution in [2.45, 2.75) is 102 Å². The smallest absolute Gasteiger partial charge is 0.337 e. The lowest BCUT2D eigenvalue weighted by molar-refractivity contribution is -0.172. The van der Waals surface area contributed by atoms with Crippen LogP contribution in [0.25, 0.3) is 0 Å².